The van der Waals surface area contributed by atoms with Crippen LogP contribution in [0.2, 0.25) is 0 Å². The highest BCUT2D eigenvalue weighted by Crippen LogP contribution is 2.30. The first-order valence-electron chi connectivity index (χ1n) is 8.36. The average molecular weight is 340 g/mol. The molecule has 1 aromatic heterocycles. The van der Waals surface area contributed by atoms with Crippen LogP contribution in [0.3, 0.4) is 0 Å². The summed E-state index contributed by atoms with van der Waals surface area (Å²) >= 11 is 0. The van der Waals surface area contributed by atoms with E-state index in [-0.39, 0.29) is 11.9 Å². The van der Waals surface area contributed by atoms with E-state index in [1.165, 1.54) is 0 Å². The molecule has 3 aromatic rings. The van der Waals surface area contributed by atoms with Crippen molar-refractivity contribution in [2.75, 3.05) is 26.7 Å². The van der Waals surface area contributed by atoms with Gasteiger partial charge in [0, 0.05) is 19.6 Å². The van der Waals surface area contributed by atoms with Gasteiger partial charge in [-0.15, -0.1) is 0 Å². The number of likely N-dealkylation sites (N-methyl/N-ethyl adjacent to an activating group) is 1. The molecule has 0 unspecified atom stereocenters. The summed E-state index contributed by atoms with van der Waals surface area (Å²) in [4.78, 5) is 14.1. The van der Waals surface area contributed by atoms with Gasteiger partial charge in [0.1, 0.15) is 12.7 Å². The highest BCUT2D eigenvalue weighted by atomic mass is 16.6. The third-order valence-electron chi connectivity index (χ3n) is 4.36. The Bertz CT molecular complexity index is 930. The number of para-hydroxylation sites is 4. The SMILES string of the molecule is CN(CCn1c(=O)oc2ccccc21)C[C@H]1COc2ccccc2O1. The number of fused-ring (bicyclic) bond motifs is 2. The Balaban J connectivity index is 1.37. The number of benzene rings is 2. The molecule has 0 fully saturated rings. The van der Waals surface area contributed by atoms with Crippen molar-refractivity contribution in [3.8, 4) is 11.5 Å². The molecule has 0 aliphatic carbocycles. The number of aromatic nitrogens is 1. The zero-order valence-corrected chi connectivity index (χ0v) is 14.1. The Hall–Kier alpha value is -2.73. The summed E-state index contributed by atoms with van der Waals surface area (Å²) in [5.74, 6) is 1.25. The van der Waals surface area contributed by atoms with Gasteiger partial charge in [-0.3, -0.25) is 4.57 Å². The Morgan fingerprint density at radius 3 is 2.76 bits per heavy atom. The van der Waals surface area contributed by atoms with E-state index in [1.807, 2.05) is 55.6 Å². The zero-order chi connectivity index (χ0) is 17.2. The normalized spacial score (nSPS) is 16.5. The van der Waals surface area contributed by atoms with Crippen LogP contribution in [0.5, 0.6) is 11.5 Å². The van der Waals surface area contributed by atoms with Crippen molar-refractivity contribution in [2.45, 2.75) is 12.6 Å². The Morgan fingerprint density at radius 2 is 1.88 bits per heavy atom. The maximum absolute atomic E-state index is 12.0. The molecule has 25 heavy (non-hydrogen) atoms. The van der Waals surface area contributed by atoms with Gasteiger partial charge in [0.05, 0.1) is 5.52 Å². The number of hydrogen-bond acceptors (Lipinski definition) is 5. The third-order valence-corrected chi connectivity index (χ3v) is 4.36. The summed E-state index contributed by atoms with van der Waals surface area (Å²) in [7, 11) is 2.01. The lowest BCUT2D eigenvalue weighted by molar-refractivity contribution is 0.0647. The first kappa shape index (κ1) is 15.8. The first-order chi connectivity index (χ1) is 12.2. The highest BCUT2D eigenvalue weighted by Gasteiger charge is 2.22. The number of nitrogens with zero attached hydrogens (tertiary/aromatic N) is 2. The van der Waals surface area contributed by atoms with Gasteiger partial charge in [-0.05, 0) is 31.3 Å². The second kappa shape index (κ2) is 6.64. The highest BCUT2D eigenvalue weighted by molar-refractivity contribution is 5.72. The van der Waals surface area contributed by atoms with E-state index in [1.54, 1.807) is 4.57 Å². The standard InChI is InChI=1S/C19H20N2O4/c1-20(12-14-13-23-17-8-4-5-9-18(17)24-14)10-11-21-15-6-2-3-7-16(15)25-19(21)22/h2-9,14H,10-13H2,1H3/t14-/m0/s1. The maximum atomic E-state index is 12.0. The van der Waals surface area contributed by atoms with Crippen molar-refractivity contribution < 1.29 is 13.9 Å². The van der Waals surface area contributed by atoms with Crippen LogP contribution in [0.15, 0.2) is 57.7 Å². The molecule has 1 aliphatic heterocycles. The van der Waals surface area contributed by atoms with Crippen molar-refractivity contribution in [3.63, 3.8) is 0 Å². The van der Waals surface area contributed by atoms with Crippen LogP contribution in [0.25, 0.3) is 11.1 Å². The third kappa shape index (κ3) is 3.25. The second-order valence-electron chi connectivity index (χ2n) is 6.25. The van der Waals surface area contributed by atoms with Gasteiger partial charge < -0.3 is 18.8 Å². The Labute approximate surface area is 145 Å². The van der Waals surface area contributed by atoms with Gasteiger partial charge >= 0.3 is 5.76 Å². The molecule has 0 radical (unpaired) electrons. The summed E-state index contributed by atoms with van der Waals surface area (Å²) in [6.45, 7) is 2.52. The van der Waals surface area contributed by atoms with Gasteiger partial charge in [-0.25, -0.2) is 4.79 Å². The average Bonchev–Trinajstić information content (AvgIpc) is 2.95. The van der Waals surface area contributed by atoms with Gasteiger partial charge in [-0.2, -0.15) is 0 Å². The topological polar surface area (TPSA) is 56.8 Å². The molecule has 130 valence electrons. The van der Waals surface area contributed by atoms with Crippen LogP contribution in [0.4, 0.5) is 0 Å². The fourth-order valence-electron chi connectivity index (χ4n) is 3.09. The lowest BCUT2D eigenvalue weighted by Gasteiger charge is -2.29. The molecule has 0 saturated heterocycles. The van der Waals surface area contributed by atoms with Gasteiger partial charge in [0.15, 0.2) is 17.1 Å². The maximum Gasteiger partial charge on any atom is 0.419 e. The van der Waals surface area contributed by atoms with E-state index in [0.717, 1.165) is 23.6 Å². The van der Waals surface area contributed by atoms with E-state index in [9.17, 15) is 4.79 Å². The number of rotatable bonds is 5. The minimum atomic E-state index is -0.319. The molecule has 6 nitrogen and oxygen atoms in total. The zero-order valence-electron chi connectivity index (χ0n) is 14.1. The number of oxazole rings is 1. The molecule has 2 aromatic carbocycles. The summed E-state index contributed by atoms with van der Waals surface area (Å²) in [5, 5.41) is 0. The summed E-state index contributed by atoms with van der Waals surface area (Å²) in [6.07, 6.45) is -0.0299. The van der Waals surface area contributed by atoms with E-state index < -0.39 is 0 Å². The smallest absolute Gasteiger partial charge is 0.419 e. The van der Waals surface area contributed by atoms with E-state index in [4.69, 9.17) is 13.9 Å². The molecule has 0 spiro atoms. The summed E-state index contributed by atoms with van der Waals surface area (Å²) in [6, 6.07) is 15.2. The van der Waals surface area contributed by atoms with E-state index in [2.05, 4.69) is 4.90 Å². The molecule has 0 bridgehead atoms. The summed E-state index contributed by atoms with van der Waals surface area (Å²) in [5.41, 5.74) is 1.45. The second-order valence-corrected chi connectivity index (χ2v) is 6.25. The monoisotopic (exact) mass is 340 g/mol. The van der Waals surface area contributed by atoms with Crippen LogP contribution >= 0.6 is 0 Å². The van der Waals surface area contributed by atoms with Crippen molar-refractivity contribution >= 4 is 11.1 Å². The summed E-state index contributed by atoms with van der Waals surface area (Å²) < 4.78 is 18.7. The largest absolute Gasteiger partial charge is 0.486 e. The molecule has 4 rings (SSSR count). The molecule has 2 heterocycles. The fraction of sp³-hybridized carbons (Fsp3) is 0.316. The van der Waals surface area contributed by atoms with E-state index in [0.29, 0.717) is 25.3 Å². The van der Waals surface area contributed by atoms with E-state index >= 15 is 0 Å². The quantitative estimate of drug-likeness (QED) is 0.714. The number of ether oxygens (including phenoxy) is 2. The number of hydrogen-bond donors (Lipinski definition) is 0. The van der Waals surface area contributed by atoms with Crippen molar-refractivity contribution in [2.24, 2.45) is 0 Å². The van der Waals surface area contributed by atoms with Gasteiger partial charge in [-0.1, -0.05) is 24.3 Å². The minimum Gasteiger partial charge on any atom is -0.486 e. The van der Waals surface area contributed by atoms with Crippen molar-refractivity contribution in [1.29, 1.82) is 0 Å². The predicted molar refractivity (Wildman–Crippen MR) is 94.3 cm³/mol. The molecular weight excluding hydrogens is 320 g/mol. The minimum absolute atomic E-state index is 0.0299. The molecule has 6 heteroatoms. The predicted octanol–water partition coefficient (Wildman–Crippen LogP) is 2.37. The lowest BCUT2D eigenvalue weighted by Crippen LogP contribution is -2.40. The van der Waals surface area contributed by atoms with Crippen molar-refractivity contribution in [3.05, 3.63) is 59.1 Å². The van der Waals surface area contributed by atoms with Gasteiger partial charge in [0.2, 0.25) is 0 Å². The van der Waals surface area contributed by atoms with Crippen LogP contribution < -0.4 is 15.2 Å². The molecular formula is C19H20N2O4. The first-order valence-corrected chi connectivity index (χ1v) is 8.36. The van der Waals surface area contributed by atoms with Crippen LogP contribution in [0.1, 0.15) is 0 Å². The Morgan fingerprint density at radius 1 is 1.12 bits per heavy atom. The molecule has 0 N–H and O–H groups in total. The Kier molecular flexibility index (Phi) is 4.19. The van der Waals surface area contributed by atoms with Crippen molar-refractivity contribution in [1.82, 2.24) is 9.47 Å². The molecule has 0 saturated carbocycles. The van der Waals surface area contributed by atoms with Gasteiger partial charge in [0.25, 0.3) is 0 Å². The van der Waals surface area contributed by atoms with Crippen LogP contribution in [-0.4, -0.2) is 42.3 Å². The molecule has 1 aliphatic rings. The fourth-order valence-corrected chi connectivity index (χ4v) is 3.09. The molecule has 1 atom stereocenters. The van der Waals surface area contributed by atoms with Crippen LogP contribution in [0, 0.1) is 0 Å². The molecule has 0 amide bonds. The lowest BCUT2D eigenvalue weighted by atomic mass is 10.2. The van der Waals surface area contributed by atoms with Crippen LogP contribution in [-0.2, 0) is 6.54 Å².